The Morgan fingerprint density at radius 3 is 2.65 bits per heavy atom. The lowest BCUT2D eigenvalue weighted by molar-refractivity contribution is 0.0687. The quantitative estimate of drug-likeness (QED) is 0.830. The summed E-state index contributed by atoms with van der Waals surface area (Å²) < 4.78 is 5.55. The van der Waals surface area contributed by atoms with Crippen molar-refractivity contribution < 1.29 is 14.6 Å². The number of nitrogens with zero attached hydrogens (tertiary/aromatic N) is 1. The molecular formula is C13H9Cl2NO3S. The van der Waals surface area contributed by atoms with Gasteiger partial charge < -0.3 is 9.84 Å². The summed E-state index contributed by atoms with van der Waals surface area (Å²) in [5.41, 5.74) is -0.158. The molecule has 0 aliphatic heterocycles. The Balaban J connectivity index is 2.40. The molecule has 1 aromatic carbocycles. The summed E-state index contributed by atoms with van der Waals surface area (Å²) in [4.78, 5) is 15.8. The maximum Gasteiger partial charge on any atom is 0.358 e. The van der Waals surface area contributed by atoms with Crippen LogP contribution in [0.2, 0.25) is 10.0 Å². The van der Waals surface area contributed by atoms with Crippen molar-refractivity contribution in [1.82, 2.24) is 4.98 Å². The molecule has 1 heterocycles. The fourth-order valence-corrected chi connectivity index (χ4v) is 2.12. The van der Waals surface area contributed by atoms with Crippen molar-refractivity contribution in [2.45, 2.75) is 4.90 Å². The molecule has 1 N–H and O–H groups in total. The molecule has 2 aromatic rings. The van der Waals surface area contributed by atoms with E-state index in [9.17, 15) is 4.79 Å². The summed E-state index contributed by atoms with van der Waals surface area (Å²) in [5.74, 6) is -0.614. The number of benzene rings is 1. The summed E-state index contributed by atoms with van der Waals surface area (Å²) in [6.07, 6.45) is 3.34. The lowest BCUT2D eigenvalue weighted by atomic mass is 10.3. The van der Waals surface area contributed by atoms with Gasteiger partial charge in [0.15, 0.2) is 11.4 Å². The molecule has 0 atom stereocenters. The van der Waals surface area contributed by atoms with Crippen molar-refractivity contribution >= 4 is 40.9 Å². The molecule has 4 nitrogen and oxygen atoms in total. The van der Waals surface area contributed by atoms with Gasteiger partial charge in [-0.15, -0.1) is 11.8 Å². The largest absolute Gasteiger partial charge is 0.476 e. The van der Waals surface area contributed by atoms with Gasteiger partial charge in [-0.1, -0.05) is 23.2 Å². The molecule has 0 fully saturated rings. The maximum absolute atomic E-state index is 11.1. The normalized spacial score (nSPS) is 10.3. The number of rotatable bonds is 4. The summed E-state index contributed by atoms with van der Waals surface area (Å²) in [5, 5.41) is 9.83. The number of carboxylic acids is 1. The van der Waals surface area contributed by atoms with Crippen molar-refractivity contribution in [3.05, 3.63) is 46.2 Å². The third-order valence-corrected chi connectivity index (χ3v) is 3.82. The van der Waals surface area contributed by atoms with Crippen LogP contribution < -0.4 is 4.74 Å². The summed E-state index contributed by atoms with van der Waals surface area (Å²) in [7, 11) is 0. The minimum absolute atomic E-state index is 0.155. The zero-order valence-corrected chi connectivity index (χ0v) is 12.6. The van der Waals surface area contributed by atoms with E-state index in [1.165, 1.54) is 24.0 Å². The lowest BCUT2D eigenvalue weighted by Gasteiger charge is -2.10. The summed E-state index contributed by atoms with van der Waals surface area (Å²) in [6.45, 7) is 0. The van der Waals surface area contributed by atoms with Gasteiger partial charge >= 0.3 is 5.97 Å². The van der Waals surface area contributed by atoms with Gasteiger partial charge in [0.25, 0.3) is 0 Å². The molecule has 0 saturated heterocycles. The van der Waals surface area contributed by atoms with Gasteiger partial charge in [-0.05, 0) is 24.5 Å². The number of aromatic carboxylic acids is 1. The van der Waals surface area contributed by atoms with Crippen LogP contribution in [0.25, 0.3) is 0 Å². The molecule has 20 heavy (non-hydrogen) atoms. The Labute approximate surface area is 129 Å². The number of halogens is 2. The third kappa shape index (κ3) is 3.36. The van der Waals surface area contributed by atoms with Crippen LogP contribution in [-0.2, 0) is 0 Å². The van der Waals surface area contributed by atoms with E-state index in [1.807, 2.05) is 6.26 Å². The molecule has 0 bridgehead atoms. The van der Waals surface area contributed by atoms with Crippen molar-refractivity contribution in [2.24, 2.45) is 0 Å². The molecule has 0 radical (unpaired) electrons. The fourth-order valence-electron chi connectivity index (χ4n) is 1.44. The minimum Gasteiger partial charge on any atom is -0.476 e. The minimum atomic E-state index is -1.16. The molecule has 0 aliphatic rings. The molecule has 0 aliphatic carbocycles. The average Bonchev–Trinajstić information content (AvgIpc) is 2.42. The van der Waals surface area contributed by atoms with Crippen molar-refractivity contribution in [1.29, 1.82) is 0 Å². The van der Waals surface area contributed by atoms with E-state index < -0.39 is 5.97 Å². The molecule has 0 saturated carbocycles. The highest BCUT2D eigenvalue weighted by Gasteiger charge is 2.15. The average molecular weight is 330 g/mol. The zero-order valence-electron chi connectivity index (χ0n) is 10.3. The Morgan fingerprint density at radius 2 is 2.05 bits per heavy atom. The second kappa shape index (κ2) is 6.35. The van der Waals surface area contributed by atoms with E-state index >= 15 is 0 Å². The van der Waals surface area contributed by atoms with Gasteiger partial charge in [0.05, 0.1) is 10.0 Å². The first-order chi connectivity index (χ1) is 9.51. The van der Waals surface area contributed by atoms with Crippen molar-refractivity contribution in [2.75, 3.05) is 6.26 Å². The summed E-state index contributed by atoms with van der Waals surface area (Å²) in [6, 6.07) is 6.31. The van der Waals surface area contributed by atoms with Gasteiger partial charge in [0, 0.05) is 17.2 Å². The molecule has 1 aromatic heterocycles. The molecule has 0 spiro atoms. The van der Waals surface area contributed by atoms with E-state index in [-0.39, 0.29) is 11.4 Å². The SMILES string of the molecule is CSc1cnc(C(=O)O)c(Oc2ccc(Cl)c(Cl)c2)c1. The van der Waals surface area contributed by atoms with Gasteiger partial charge in [-0.3, -0.25) is 0 Å². The topological polar surface area (TPSA) is 59.4 Å². The molecule has 104 valence electrons. The predicted octanol–water partition coefficient (Wildman–Crippen LogP) is 4.60. The number of hydrogen-bond acceptors (Lipinski definition) is 4. The zero-order chi connectivity index (χ0) is 14.7. The number of hydrogen-bond donors (Lipinski definition) is 1. The first-order valence-electron chi connectivity index (χ1n) is 5.41. The number of thioether (sulfide) groups is 1. The summed E-state index contributed by atoms with van der Waals surface area (Å²) >= 11 is 13.1. The second-order valence-electron chi connectivity index (χ2n) is 3.71. The van der Waals surface area contributed by atoms with E-state index in [2.05, 4.69) is 4.98 Å². The van der Waals surface area contributed by atoms with E-state index in [4.69, 9.17) is 33.0 Å². The second-order valence-corrected chi connectivity index (χ2v) is 5.40. The van der Waals surface area contributed by atoms with Crippen LogP contribution in [0.15, 0.2) is 35.4 Å². The highest BCUT2D eigenvalue weighted by Crippen LogP contribution is 2.32. The van der Waals surface area contributed by atoms with Crippen molar-refractivity contribution in [3.8, 4) is 11.5 Å². The standard InChI is InChI=1S/C13H9Cl2NO3S/c1-20-8-5-11(12(13(17)18)16-6-8)19-7-2-3-9(14)10(15)4-7/h2-6H,1H3,(H,17,18). The molecule has 7 heteroatoms. The highest BCUT2D eigenvalue weighted by atomic mass is 35.5. The Bertz CT molecular complexity index is 664. The molecular weight excluding hydrogens is 321 g/mol. The van der Waals surface area contributed by atoms with Gasteiger partial charge in [-0.2, -0.15) is 0 Å². The van der Waals surface area contributed by atoms with E-state index in [0.29, 0.717) is 15.8 Å². The number of carbonyl (C=O) groups is 1. The number of aromatic nitrogens is 1. The highest BCUT2D eigenvalue weighted by molar-refractivity contribution is 7.98. The van der Waals surface area contributed by atoms with Gasteiger partial charge in [-0.25, -0.2) is 9.78 Å². The van der Waals surface area contributed by atoms with Gasteiger partial charge in [0.2, 0.25) is 0 Å². The van der Waals surface area contributed by atoms with Crippen LogP contribution in [0, 0.1) is 0 Å². The molecule has 2 rings (SSSR count). The fraction of sp³-hybridized carbons (Fsp3) is 0.0769. The Morgan fingerprint density at radius 1 is 1.30 bits per heavy atom. The smallest absolute Gasteiger partial charge is 0.358 e. The molecule has 0 amide bonds. The predicted molar refractivity (Wildman–Crippen MR) is 79.5 cm³/mol. The van der Waals surface area contributed by atoms with E-state index in [1.54, 1.807) is 18.2 Å². The van der Waals surface area contributed by atoms with Crippen LogP contribution in [0.3, 0.4) is 0 Å². The van der Waals surface area contributed by atoms with Crippen LogP contribution in [0.1, 0.15) is 10.5 Å². The van der Waals surface area contributed by atoms with Crippen LogP contribution in [0.5, 0.6) is 11.5 Å². The van der Waals surface area contributed by atoms with Gasteiger partial charge in [0.1, 0.15) is 5.75 Å². The number of pyridine rings is 1. The van der Waals surface area contributed by atoms with E-state index in [0.717, 1.165) is 4.90 Å². The Hall–Kier alpha value is -1.43. The first kappa shape index (κ1) is 15.0. The first-order valence-corrected chi connectivity index (χ1v) is 7.39. The lowest BCUT2D eigenvalue weighted by Crippen LogP contribution is -2.03. The van der Waals surface area contributed by atoms with Crippen LogP contribution in [0.4, 0.5) is 0 Å². The number of ether oxygens (including phenoxy) is 1. The van der Waals surface area contributed by atoms with Crippen LogP contribution >= 0.6 is 35.0 Å². The Kier molecular flexibility index (Phi) is 4.75. The third-order valence-electron chi connectivity index (χ3n) is 2.38. The van der Waals surface area contributed by atoms with Crippen LogP contribution in [-0.4, -0.2) is 22.3 Å². The van der Waals surface area contributed by atoms with Crippen molar-refractivity contribution in [3.63, 3.8) is 0 Å². The maximum atomic E-state index is 11.1. The number of carboxylic acid groups (broad SMARTS) is 1. The monoisotopic (exact) mass is 329 g/mol. The molecule has 0 unspecified atom stereocenters.